The molecular weight excluding hydrogens is 324 g/mol. The molecule has 0 radical (unpaired) electrons. The maximum absolute atomic E-state index is 12.7. The van der Waals surface area contributed by atoms with E-state index in [2.05, 4.69) is 5.32 Å². The van der Waals surface area contributed by atoms with Crippen LogP contribution in [0.3, 0.4) is 0 Å². The van der Waals surface area contributed by atoms with Crippen LogP contribution in [0.15, 0.2) is 29.2 Å². The average Bonchev–Trinajstić information content (AvgIpc) is 2.51. The molecule has 0 saturated carbocycles. The highest BCUT2D eigenvalue weighted by Gasteiger charge is 2.44. The van der Waals surface area contributed by atoms with Crippen molar-refractivity contribution in [1.82, 2.24) is 9.62 Å². The average molecular weight is 343 g/mol. The number of nitrogens with zero attached hydrogens (tertiary/aromatic N) is 1. The molecule has 0 bridgehead atoms. The van der Waals surface area contributed by atoms with Crippen molar-refractivity contribution in [2.75, 3.05) is 19.6 Å². The number of hydrogen-bond donors (Lipinski definition) is 1. The molecule has 3 rings (SSSR count). The molecule has 1 spiro atoms. The van der Waals surface area contributed by atoms with Crippen LogP contribution >= 0.6 is 11.6 Å². The van der Waals surface area contributed by atoms with Gasteiger partial charge in [-0.2, -0.15) is 4.31 Å². The molecule has 2 heterocycles. The number of hydrogen-bond acceptors (Lipinski definition) is 3. The monoisotopic (exact) mass is 342 g/mol. The molecule has 1 N–H and O–H groups in total. The molecule has 2 fully saturated rings. The fourth-order valence-electron chi connectivity index (χ4n) is 3.35. The van der Waals surface area contributed by atoms with Gasteiger partial charge < -0.3 is 5.32 Å². The van der Waals surface area contributed by atoms with Gasteiger partial charge in [-0.15, -0.1) is 0 Å². The van der Waals surface area contributed by atoms with Crippen LogP contribution in [0.1, 0.15) is 25.7 Å². The van der Waals surface area contributed by atoms with Gasteiger partial charge in [0.25, 0.3) is 0 Å². The van der Waals surface area contributed by atoms with Crippen LogP contribution in [0.4, 0.5) is 0 Å². The molecule has 2 aliphatic heterocycles. The van der Waals surface area contributed by atoms with Crippen LogP contribution in [0, 0.1) is 5.41 Å². The lowest BCUT2D eigenvalue weighted by Crippen LogP contribution is -2.52. The Bertz CT molecular complexity index is 682. The van der Waals surface area contributed by atoms with Gasteiger partial charge in [-0.25, -0.2) is 8.42 Å². The van der Waals surface area contributed by atoms with Crippen LogP contribution in [0.25, 0.3) is 0 Å². The first-order chi connectivity index (χ1) is 10.5. The molecule has 2 aliphatic rings. The van der Waals surface area contributed by atoms with E-state index in [0.717, 1.165) is 19.4 Å². The van der Waals surface area contributed by atoms with Crippen molar-refractivity contribution in [3.8, 4) is 0 Å². The summed E-state index contributed by atoms with van der Waals surface area (Å²) in [5.74, 6) is 0.0774. The first kappa shape index (κ1) is 15.8. The van der Waals surface area contributed by atoms with Gasteiger partial charge in [0.15, 0.2) is 0 Å². The summed E-state index contributed by atoms with van der Waals surface area (Å²) < 4.78 is 26.8. The van der Waals surface area contributed by atoms with E-state index in [4.69, 9.17) is 11.6 Å². The molecule has 1 aromatic rings. The van der Waals surface area contributed by atoms with Gasteiger partial charge in [0.2, 0.25) is 15.9 Å². The minimum atomic E-state index is -3.60. The van der Waals surface area contributed by atoms with E-state index in [-0.39, 0.29) is 21.2 Å². The molecule has 7 heteroatoms. The first-order valence-electron chi connectivity index (χ1n) is 7.49. The number of nitrogens with one attached hydrogen (secondary N) is 1. The summed E-state index contributed by atoms with van der Waals surface area (Å²) in [6.07, 6.45) is 2.95. The normalized spacial score (nSPS) is 22.5. The molecule has 120 valence electrons. The Morgan fingerprint density at radius 3 is 2.45 bits per heavy atom. The second-order valence-electron chi connectivity index (χ2n) is 5.97. The topological polar surface area (TPSA) is 66.5 Å². The fraction of sp³-hybridized carbons (Fsp3) is 0.533. The van der Waals surface area contributed by atoms with Crippen molar-refractivity contribution in [3.63, 3.8) is 0 Å². The number of carbonyl (C=O) groups is 1. The molecule has 0 aromatic heterocycles. The van der Waals surface area contributed by atoms with Crippen molar-refractivity contribution in [3.05, 3.63) is 29.3 Å². The molecule has 0 atom stereocenters. The lowest BCUT2D eigenvalue weighted by Gasteiger charge is -2.42. The maximum atomic E-state index is 12.7. The third-order valence-corrected chi connectivity index (χ3v) is 7.13. The predicted molar refractivity (Wildman–Crippen MR) is 84.1 cm³/mol. The SMILES string of the molecule is O=C1NCCCC12CCN(S(=O)(=O)c1ccccc1Cl)CC2. The van der Waals surface area contributed by atoms with Gasteiger partial charge in [-0.1, -0.05) is 23.7 Å². The zero-order valence-corrected chi connectivity index (χ0v) is 13.8. The largest absolute Gasteiger partial charge is 0.356 e. The number of halogens is 1. The molecule has 2 saturated heterocycles. The Balaban J connectivity index is 1.79. The van der Waals surface area contributed by atoms with E-state index in [9.17, 15) is 13.2 Å². The minimum Gasteiger partial charge on any atom is -0.356 e. The number of piperidine rings is 2. The fourth-order valence-corrected chi connectivity index (χ4v) is 5.29. The summed E-state index contributed by atoms with van der Waals surface area (Å²) >= 11 is 6.02. The molecule has 5 nitrogen and oxygen atoms in total. The highest BCUT2D eigenvalue weighted by Crippen LogP contribution is 2.40. The molecule has 0 unspecified atom stereocenters. The first-order valence-corrected chi connectivity index (χ1v) is 9.31. The Kier molecular flexibility index (Phi) is 4.18. The van der Waals surface area contributed by atoms with Crippen LogP contribution in [-0.4, -0.2) is 38.3 Å². The van der Waals surface area contributed by atoms with Crippen LogP contribution < -0.4 is 5.32 Å². The lowest BCUT2D eigenvalue weighted by atomic mass is 9.73. The number of benzene rings is 1. The van der Waals surface area contributed by atoms with Gasteiger partial charge >= 0.3 is 0 Å². The number of amides is 1. The third kappa shape index (κ3) is 2.64. The standard InChI is InChI=1S/C15H19ClN2O3S/c16-12-4-1-2-5-13(12)22(20,21)18-10-7-15(8-11-18)6-3-9-17-14(15)19/h1-2,4-5H,3,6-11H2,(H,17,19). The van der Waals surface area contributed by atoms with E-state index < -0.39 is 10.0 Å². The summed E-state index contributed by atoms with van der Waals surface area (Å²) in [4.78, 5) is 12.3. The zero-order chi connectivity index (χ0) is 15.8. The van der Waals surface area contributed by atoms with E-state index in [0.29, 0.717) is 25.9 Å². The summed E-state index contributed by atoms with van der Waals surface area (Å²) in [5.41, 5.74) is -0.384. The number of rotatable bonds is 2. The number of sulfonamides is 1. The van der Waals surface area contributed by atoms with E-state index in [1.807, 2.05) is 0 Å². The minimum absolute atomic E-state index is 0.0774. The van der Waals surface area contributed by atoms with Crippen molar-refractivity contribution >= 4 is 27.5 Å². The van der Waals surface area contributed by atoms with Crippen LogP contribution in [-0.2, 0) is 14.8 Å². The van der Waals surface area contributed by atoms with Gasteiger partial charge in [0.1, 0.15) is 4.90 Å². The van der Waals surface area contributed by atoms with Crippen LogP contribution in [0.2, 0.25) is 5.02 Å². The third-order valence-electron chi connectivity index (χ3n) is 4.73. The van der Waals surface area contributed by atoms with Crippen molar-refractivity contribution in [2.45, 2.75) is 30.6 Å². The van der Waals surface area contributed by atoms with Gasteiger partial charge in [-0.3, -0.25) is 4.79 Å². The molecule has 1 amide bonds. The van der Waals surface area contributed by atoms with Crippen molar-refractivity contribution < 1.29 is 13.2 Å². The molecule has 1 aromatic carbocycles. The highest BCUT2D eigenvalue weighted by molar-refractivity contribution is 7.89. The summed E-state index contributed by atoms with van der Waals surface area (Å²) in [6.45, 7) is 1.45. The van der Waals surface area contributed by atoms with Crippen molar-refractivity contribution in [1.29, 1.82) is 0 Å². The summed E-state index contributed by atoms with van der Waals surface area (Å²) in [7, 11) is -3.60. The lowest BCUT2D eigenvalue weighted by molar-refractivity contribution is -0.136. The quantitative estimate of drug-likeness (QED) is 0.894. The van der Waals surface area contributed by atoms with Gasteiger partial charge in [0, 0.05) is 19.6 Å². The van der Waals surface area contributed by atoms with Crippen molar-refractivity contribution in [2.24, 2.45) is 5.41 Å². The predicted octanol–water partition coefficient (Wildman–Crippen LogP) is 2.02. The van der Waals surface area contributed by atoms with E-state index in [1.165, 1.54) is 10.4 Å². The Morgan fingerprint density at radius 1 is 1.14 bits per heavy atom. The second kappa shape index (κ2) is 5.83. The molecule has 0 aliphatic carbocycles. The Hall–Kier alpha value is -1.11. The van der Waals surface area contributed by atoms with Gasteiger partial charge in [0.05, 0.1) is 10.4 Å². The number of carbonyl (C=O) groups excluding carboxylic acids is 1. The van der Waals surface area contributed by atoms with E-state index in [1.54, 1.807) is 18.2 Å². The smallest absolute Gasteiger partial charge is 0.244 e. The van der Waals surface area contributed by atoms with Gasteiger partial charge in [-0.05, 0) is 37.8 Å². The summed E-state index contributed by atoms with van der Waals surface area (Å²) in [6, 6.07) is 6.47. The summed E-state index contributed by atoms with van der Waals surface area (Å²) in [5, 5.41) is 3.14. The second-order valence-corrected chi connectivity index (χ2v) is 8.29. The molecular formula is C15H19ClN2O3S. The Morgan fingerprint density at radius 2 is 1.82 bits per heavy atom. The van der Waals surface area contributed by atoms with E-state index >= 15 is 0 Å². The maximum Gasteiger partial charge on any atom is 0.244 e. The van der Waals surface area contributed by atoms with Crippen LogP contribution in [0.5, 0.6) is 0 Å². The molecule has 22 heavy (non-hydrogen) atoms. The zero-order valence-electron chi connectivity index (χ0n) is 12.2. The Labute approximate surface area is 135 Å². The highest BCUT2D eigenvalue weighted by atomic mass is 35.5.